The molecule has 0 amide bonds. The molecule has 2 aromatic rings. The van der Waals surface area contributed by atoms with Crippen molar-refractivity contribution in [2.45, 2.75) is 11.4 Å². The number of likely N-dealkylation sites (N-methyl/N-ethyl adjacent to an activating group) is 1. The Bertz CT molecular complexity index is 938. The Morgan fingerprint density at radius 2 is 1.56 bits per heavy atom. The zero-order valence-electron chi connectivity index (χ0n) is 18.9. The van der Waals surface area contributed by atoms with E-state index in [0.717, 1.165) is 58.9 Å². The second-order valence-corrected chi connectivity index (χ2v) is 10.6. The number of aromatic nitrogens is 1. The number of piperazine rings is 2. The number of hydrogen-bond donors (Lipinski definition) is 1. The number of benzene rings is 1. The van der Waals surface area contributed by atoms with E-state index < -0.39 is 10.0 Å². The summed E-state index contributed by atoms with van der Waals surface area (Å²) in [5.74, 6) is 0.713. The smallest absolute Gasteiger partial charge is 0.244 e. The van der Waals surface area contributed by atoms with Crippen LogP contribution < -0.4 is 5.32 Å². The van der Waals surface area contributed by atoms with Crippen molar-refractivity contribution in [3.05, 3.63) is 54.2 Å². The molecule has 0 unspecified atom stereocenters. The number of pyridine rings is 1. The van der Waals surface area contributed by atoms with Gasteiger partial charge in [0.25, 0.3) is 0 Å². The van der Waals surface area contributed by atoms with E-state index in [-0.39, 0.29) is 4.90 Å². The summed E-state index contributed by atoms with van der Waals surface area (Å²) in [7, 11) is -1.45. The molecule has 9 heteroatoms. The second kappa shape index (κ2) is 10.7. The molecule has 0 spiro atoms. The largest absolute Gasteiger partial charge is 0.369 e. The predicted molar refractivity (Wildman–Crippen MR) is 127 cm³/mol. The van der Waals surface area contributed by atoms with Gasteiger partial charge in [-0.1, -0.05) is 30.3 Å². The molecule has 2 aliphatic rings. The Morgan fingerprint density at radius 1 is 0.875 bits per heavy atom. The minimum absolute atomic E-state index is 0.266. The molecule has 3 heterocycles. The van der Waals surface area contributed by atoms with E-state index in [1.165, 1.54) is 11.8 Å². The molecule has 1 aromatic carbocycles. The van der Waals surface area contributed by atoms with Crippen LogP contribution in [0.5, 0.6) is 0 Å². The number of rotatable bonds is 8. The molecule has 2 aliphatic heterocycles. The number of nitrogens with zero attached hydrogens (tertiary/aromatic N) is 5. The predicted octanol–water partition coefficient (Wildman–Crippen LogP) is 1.25. The van der Waals surface area contributed by atoms with Gasteiger partial charge in [-0.05, 0) is 24.7 Å². The zero-order valence-corrected chi connectivity index (χ0v) is 19.7. The monoisotopic (exact) mass is 458 g/mol. The van der Waals surface area contributed by atoms with Crippen LogP contribution >= 0.6 is 0 Å². The third-order valence-corrected chi connectivity index (χ3v) is 8.17. The van der Waals surface area contributed by atoms with Gasteiger partial charge in [0.1, 0.15) is 10.7 Å². The molecule has 174 valence electrons. The van der Waals surface area contributed by atoms with Gasteiger partial charge in [0.15, 0.2) is 0 Å². The zero-order chi connectivity index (χ0) is 22.4. The molecule has 4 rings (SSSR count). The molecular formula is C23H34N6O2S. The molecule has 1 N–H and O–H groups in total. The highest BCUT2D eigenvalue weighted by Gasteiger charge is 2.27. The molecule has 2 saturated heterocycles. The lowest BCUT2D eigenvalue weighted by molar-refractivity contribution is 0.130. The lowest BCUT2D eigenvalue weighted by Crippen LogP contribution is -2.47. The maximum Gasteiger partial charge on any atom is 0.244 e. The number of hydrogen-bond acceptors (Lipinski definition) is 7. The van der Waals surface area contributed by atoms with Crippen LogP contribution in [-0.2, 0) is 16.6 Å². The van der Waals surface area contributed by atoms with Crippen LogP contribution in [0.25, 0.3) is 0 Å². The molecule has 2 fully saturated rings. The van der Waals surface area contributed by atoms with Gasteiger partial charge in [-0.15, -0.1) is 0 Å². The van der Waals surface area contributed by atoms with Crippen molar-refractivity contribution >= 4 is 15.8 Å². The van der Waals surface area contributed by atoms with Gasteiger partial charge in [0, 0.05) is 78.2 Å². The first-order valence-corrected chi connectivity index (χ1v) is 12.8. The average molecular weight is 459 g/mol. The number of anilines is 1. The molecule has 0 atom stereocenters. The molecule has 32 heavy (non-hydrogen) atoms. The summed E-state index contributed by atoms with van der Waals surface area (Å²) < 4.78 is 27.2. The lowest BCUT2D eigenvalue weighted by Gasteiger charge is -2.34. The Labute approximate surface area is 191 Å². The van der Waals surface area contributed by atoms with Crippen LogP contribution in [0, 0.1) is 0 Å². The lowest BCUT2D eigenvalue weighted by atomic mass is 10.2. The van der Waals surface area contributed by atoms with Gasteiger partial charge in [-0.3, -0.25) is 9.80 Å². The normalized spacial score (nSPS) is 19.8. The van der Waals surface area contributed by atoms with Crippen molar-refractivity contribution in [2.24, 2.45) is 0 Å². The highest BCUT2D eigenvalue weighted by atomic mass is 32.2. The van der Waals surface area contributed by atoms with Crippen molar-refractivity contribution < 1.29 is 8.42 Å². The first-order valence-electron chi connectivity index (χ1n) is 11.4. The summed E-state index contributed by atoms with van der Waals surface area (Å²) in [6, 6.07) is 14.0. The summed E-state index contributed by atoms with van der Waals surface area (Å²) in [5, 5.41) is 3.33. The third kappa shape index (κ3) is 6.05. The quantitative estimate of drug-likeness (QED) is 0.638. The summed E-state index contributed by atoms with van der Waals surface area (Å²) in [5.41, 5.74) is 1.37. The molecule has 0 bridgehead atoms. The molecule has 0 saturated carbocycles. The van der Waals surface area contributed by atoms with Crippen LogP contribution in [0.2, 0.25) is 0 Å². The number of nitrogens with one attached hydrogen (secondary N) is 1. The molecule has 8 nitrogen and oxygen atoms in total. The van der Waals surface area contributed by atoms with Gasteiger partial charge in [-0.25, -0.2) is 13.4 Å². The second-order valence-electron chi connectivity index (χ2n) is 8.62. The molecule has 0 aliphatic carbocycles. The van der Waals surface area contributed by atoms with Gasteiger partial charge in [-0.2, -0.15) is 4.31 Å². The Morgan fingerprint density at radius 3 is 2.22 bits per heavy atom. The van der Waals surface area contributed by atoms with Gasteiger partial charge in [0.2, 0.25) is 10.0 Å². The van der Waals surface area contributed by atoms with Crippen molar-refractivity contribution in [3.8, 4) is 0 Å². The first kappa shape index (κ1) is 23.1. The van der Waals surface area contributed by atoms with Crippen LogP contribution in [0.4, 0.5) is 5.82 Å². The van der Waals surface area contributed by atoms with Gasteiger partial charge < -0.3 is 10.2 Å². The average Bonchev–Trinajstić information content (AvgIpc) is 2.82. The Balaban J connectivity index is 1.19. The molecular weight excluding hydrogens is 424 g/mol. The van der Waals surface area contributed by atoms with E-state index >= 15 is 0 Å². The molecule has 0 radical (unpaired) electrons. The SMILES string of the molecule is CN1CCN(S(=O)(=O)c2ccc(NCCN3CCN(Cc4ccccc4)CC3)nc2)CC1. The van der Waals surface area contributed by atoms with Crippen molar-refractivity contribution in [3.63, 3.8) is 0 Å². The number of sulfonamides is 1. The third-order valence-electron chi connectivity index (χ3n) is 6.28. The van der Waals surface area contributed by atoms with E-state index in [2.05, 4.69) is 55.3 Å². The van der Waals surface area contributed by atoms with Crippen LogP contribution in [0.1, 0.15) is 5.56 Å². The minimum atomic E-state index is -3.46. The van der Waals surface area contributed by atoms with E-state index in [1.807, 2.05) is 7.05 Å². The summed E-state index contributed by atoms with van der Waals surface area (Å²) >= 11 is 0. The van der Waals surface area contributed by atoms with E-state index in [9.17, 15) is 8.42 Å². The fourth-order valence-corrected chi connectivity index (χ4v) is 5.54. The highest BCUT2D eigenvalue weighted by Crippen LogP contribution is 2.18. The topological polar surface area (TPSA) is 72.0 Å². The summed E-state index contributed by atoms with van der Waals surface area (Å²) in [4.78, 5) is 11.7. The van der Waals surface area contributed by atoms with Crippen molar-refractivity contribution in [1.29, 1.82) is 0 Å². The van der Waals surface area contributed by atoms with Gasteiger partial charge in [0.05, 0.1) is 0 Å². The summed E-state index contributed by atoms with van der Waals surface area (Å²) in [6.45, 7) is 9.58. The highest BCUT2D eigenvalue weighted by molar-refractivity contribution is 7.89. The van der Waals surface area contributed by atoms with Crippen LogP contribution in [0.3, 0.4) is 0 Å². The van der Waals surface area contributed by atoms with Gasteiger partial charge >= 0.3 is 0 Å². The maximum atomic E-state index is 12.8. The van der Waals surface area contributed by atoms with Crippen molar-refractivity contribution in [2.75, 3.05) is 77.8 Å². The molecule has 1 aromatic heterocycles. The van der Waals surface area contributed by atoms with E-state index in [4.69, 9.17) is 0 Å². The Hall–Kier alpha value is -2.04. The van der Waals surface area contributed by atoms with Crippen molar-refractivity contribution in [1.82, 2.24) is 24.0 Å². The fourth-order valence-electron chi connectivity index (χ4n) is 4.17. The Kier molecular flexibility index (Phi) is 7.75. The fraction of sp³-hybridized carbons (Fsp3) is 0.522. The van der Waals surface area contributed by atoms with Crippen LogP contribution in [0.15, 0.2) is 53.6 Å². The van der Waals surface area contributed by atoms with Crippen LogP contribution in [-0.4, -0.2) is 105 Å². The van der Waals surface area contributed by atoms with E-state index in [0.29, 0.717) is 18.9 Å². The van der Waals surface area contributed by atoms with E-state index in [1.54, 1.807) is 16.4 Å². The first-order chi connectivity index (χ1) is 15.5. The summed E-state index contributed by atoms with van der Waals surface area (Å²) in [6.07, 6.45) is 1.47. The minimum Gasteiger partial charge on any atom is -0.369 e. The standard InChI is InChI=1S/C23H34N6O2S/c1-26-11-17-29(18-12-26)32(30,31)22-7-8-23(25-19-22)24-9-10-27-13-15-28(16-14-27)20-21-5-3-2-4-6-21/h2-8,19H,9-18,20H2,1H3,(H,24,25). The maximum absolute atomic E-state index is 12.8.